The van der Waals surface area contributed by atoms with Gasteiger partial charge < -0.3 is 10.1 Å². The molecule has 1 fully saturated rings. The van der Waals surface area contributed by atoms with Gasteiger partial charge in [0.25, 0.3) is 5.91 Å². The second-order valence-electron chi connectivity index (χ2n) is 9.91. The Labute approximate surface area is 253 Å². The molecule has 0 spiro atoms. The Morgan fingerprint density at radius 1 is 0.833 bits per heavy atom. The molecule has 0 unspecified atom stereocenters. The van der Waals surface area contributed by atoms with E-state index < -0.39 is 23.5 Å². The Hall–Kier alpha value is -4.27. The predicted molar refractivity (Wildman–Crippen MR) is 165 cm³/mol. The van der Waals surface area contributed by atoms with Crippen molar-refractivity contribution in [1.82, 2.24) is 10.2 Å². The van der Waals surface area contributed by atoms with Crippen LogP contribution in [0.3, 0.4) is 0 Å². The van der Waals surface area contributed by atoms with Gasteiger partial charge in [0.2, 0.25) is 5.91 Å². The maximum absolute atomic E-state index is 14.1. The quantitative estimate of drug-likeness (QED) is 0.191. The summed E-state index contributed by atoms with van der Waals surface area (Å²) in [6.45, 7) is 0. The number of nitrogens with zero attached hydrogens (tertiary/aromatic N) is 1. The standard InChI is InChI=1S/C34H28N2O4S2/c37-28(21-23-13-5-1-6-14-23)35-29-32(38)36-30(27(22-41-33(29)36)42-26-19-11-4-12-20-26)34(39)40-31(24-15-7-2-8-16-24)25-17-9-3-10-18-25/h1-20,29,31,33H,21-22H2,(H,35,37)/t29-,33+/m1/s1. The SMILES string of the molecule is O=C(Cc1ccccc1)N[C@@H]1C(=O)N2C(C(=O)OC(c3ccccc3)c3ccccc3)=C(Sc3ccccc3)CS[C@@H]12. The molecule has 2 atom stereocenters. The molecule has 1 N–H and O–H groups in total. The first-order valence-corrected chi connectivity index (χ1v) is 15.5. The summed E-state index contributed by atoms with van der Waals surface area (Å²) in [7, 11) is 0. The largest absolute Gasteiger partial charge is 0.448 e. The fourth-order valence-corrected chi connectivity index (χ4v) is 7.53. The number of fused-ring (bicyclic) bond motifs is 1. The van der Waals surface area contributed by atoms with Gasteiger partial charge in [-0.1, -0.05) is 121 Å². The highest BCUT2D eigenvalue weighted by Crippen LogP contribution is 2.46. The van der Waals surface area contributed by atoms with Crippen molar-refractivity contribution in [2.75, 3.05) is 5.75 Å². The van der Waals surface area contributed by atoms with Crippen molar-refractivity contribution < 1.29 is 19.1 Å². The zero-order valence-corrected chi connectivity index (χ0v) is 24.2. The van der Waals surface area contributed by atoms with E-state index in [1.54, 1.807) is 0 Å². The Kier molecular flexibility index (Phi) is 8.44. The minimum absolute atomic E-state index is 0.178. The number of nitrogens with one attached hydrogen (secondary N) is 1. The first-order valence-electron chi connectivity index (χ1n) is 13.6. The van der Waals surface area contributed by atoms with E-state index >= 15 is 0 Å². The average molecular weight is 593 g/mol. The van der Waals surface area contributed by atoms with Crippen LogP contribution in [0.5, 0.6) is 0 Å². The second-order valence-corrected chi connectivity index (χ2v) is 12.2. The van der Waals surface area contributed by atoms with Gasteiger partial charge in [-0.15, -0.1) is 11.8 Å². The number of thioether (sulfide) groups is 2. The van der Waals surface area contributed by atoms with Gasteiger partial charge in [-0.3, -0.25) is 14.5 Å². The van der Waals surface area contributed by atoms with Crippen molar-refractivity contribution in [2.45, 2.75) is 28.8 Å². The van der Waals surface area contributed by atoms with Gasteiger partial charge in [0.1, 0.15) is 17.1 Å². The molecule has 0 aliphatic carbocycles. The molecule has 6 nitrogen and oxygen atoms in total. The molecule has 0 radical (unpaired) electrons. The summed E-state index contributed by atoms with van der Waals surface area (Å²) < 4.78 is 6.23. The second kappa shape index (κ2) is 12.7. The van der Waals surface area contributed by atoms with Gasteiger partial charge in [0.15, 0.2) is 6.10 Å². The molecule has 2 heterocycles. The molecular formula is C34H28N2O4S2. The van der Waals surface area contributed by atoms with Crippen LogP contribution in [-0.4, -0.2) is 39.9 Å². The third-order valence-corrected chi connectivity index (χ3v) is 9.62. The van der Waals surface area contributed by atoms with Gasteiger partial charge in [-0.25, -0.2) is 4.79 Å². The number of carbonyl (C=O) groups is 3. The van der Waals surface area contributed by atoms with E-state index in [0.717, 1.165) is 26.5 Å². The molecule has 6 rings (SSSR count). The summed E-state index contributed by atoms with van der Waals surface area (Å²) in [6, 6.07) is 37.6. The van der Waals surface area contributed by atoms with Crippen LogP contribution >= 0.6 is 23.5 Å². The number of esters is 1. The zero-order valence-electron chi connectivity index (χ0n) is 22.6. The maximum Gasteiger partial charge on any atom is 0.356 e. The Balaban J connectivity index is 1.28. The van der Waals surface area contributed by atoms with Crippen molar-refractivity contribution in [1.29, 1.82) is 0 Å². The summed E-state index contributed by atoms with van der Waals surface area (Å²) in [4.78, 5) is 43.7. The minimum Gasteiger partial charge on any atom is -0.448 e. The molecule has 4 aromatic rings. The van der Waals surface area contributed by atoms with Crippen LogP contribution in [-0.2, 0) is 25.5 Å². The lowest BCUT2D eigenvalue weighted by molar-refractivity contribution is -0.154. The predicted octanol–water partition coefficient (Wildman–Crippen LogP) is 5.97. The third-order valence-electron chi connectivity index (χ3n) is 7.06. The summed E-state index contributed by atoms with van der Waals surface area (Å²) in [5, 5.41) is 2.50. The Morgan fingerprint density at radius 3 is 1.98 bits per heavy atom. The summed E-state index contributed by atoms with van der Waals surface area (Å²) >= 11 is 2.99. The van der Waals surface area contributed by atoms with Crippen molar-refractivity contribution in [2.24, 2.45) is 0 Å². The number of rotatable bonds is 9. The summed E-state index contributed by atoms with van der Waals surface area (Å²) in [5.41, 5.74) is 2.77. The van der Waals surface area contributed by atoms with E-state index in [0.29, 0.717) is 5.75 Å². The molecule has 0 bridgehead atoms. The van der Waals surface area contributed by atoms with Crippen molar-refractivity contribution in [3.8, 4) is 0 Å². The minimum atomic E-state index is -0.712. The normalized spacial score (nSPS) is 17.8. The lowest BCUT2D eigenvalue weighted by atomic mass is 10.0. The molecule has 210 valence electrons. The number of carbonyl (C=O) groups excluding carboxylic acids is 3. The van der Waals surface area contributed by atoms with Gasteiger partial charge in [0.05, 0.1) is 6.42 Å². The fourth-order valence-electron chi connectivity index (χ4n) is 5.04. The highest BCUT2D eigenvalue weighted by molar-refractivity contribution is 8.06. The van der Waals surface area contributed by atoms with Gasteiger partial charge in [0, 0.05) is 15.6 Å². The van der Waals surface area contributed by atoms with Gasteiger partial charge in [-0.05, 0) is 28.8 Å². The number of amides is 2. The summed E-state index contributed by atoms with van der Waals surface area (Å²) in [6.07, 6.45) is -0.473. The van der Waals surface area contributed by atoms with Gasteiger partial charge in [-0.2, -0.15) is 0 Å². The molecule has 2 aliphatic rings. The monoisotopic (exact) mass is 592 g/mol. The van der Waals surface area contributed by atoms with Gasteiger partial charge >= 0.3 is 5.97 Å². The Bertz CT molecular complexity index is 1560. The molecule has 1 saturated heterocycles. The topological polar surface area (TPSA) is 75.7 Å². The van der Waals surface area contributed by atoms with Crippen LogP contribution in [0.25, 0.3) is 0 Å². The molecule has 2 aliphatic heterocycles. The summed E-state index contributed by atoms with van der Waals surface area (Å²) in [5.74, 6) is -0.614. The molecular weight excluding hydrogens is 565 g/mol. The molecule has 0 saturated carbocycles. The van der Waals surface area contributed by atoms with Crippen molar-refractivity contribution in [3.05, 3.63) is 149 Å². The average Bonchev–Trinajstić information content (AvgIpc) is 3.04. The molecule has 8 heteroatoms. The molecule has 2 amide bonds. The van der Waals surface area contributed by atoms with Crippen LogP contribution in [0, 0.1) is 0 Å². The van der Waals surface area contributed by atoms with E-state index in [4.69, 9.17) is 4.74 Å². The van der Waals surface area contributed by atoms with Crippen LogP contribution in [0.15, 0.2) is 137 Å². The zero-order chi connectivity index (χ0) is 28.9. The maximum atomic E-state index is 14.1. The Morgan fingerprint density at radius 2 is 1.38 bits per heavy atom. The van der Waals surface area contributed by atoms with E-state index in [-0.39, 0.29) is 23.9 Å². The van der Waals surface area contributed by atoms with Crippen molar-refractivity contribution >= 4 is 41.3 Å². The first-order chi connectivity index (χ1) is 20.6. The fraction of sp³-hybridized carbons (Fsp3) is 0.147. The van der Waals surface area contributed by atoms with E-state index in [1.807, 2.05) is 121 Å². The molecule has 4 aromatic carbocycles. The highest BCUT2D eigenvalue weighted by atomic mass is 32.2. The van der Waals surface area contributed by atoms with Crippen LogP contribution in [0.1, 0.15) is 22.8 Å². The number of benzene rings is 4. The third kappa shape index (κ3) is 6.00. The van der Waals surface area contributed by atoms with E-state index in [9.17, 15) is 14.4 Å². The number of β-lactam (4-membered cyclic amide) rings is 1. The number of hydrogen-bond acceptors (Lipinski definition) is 6. The lowest BCUT2D eigenvalue weighted by Crippen LogP contribution is -2.70. The van der Waals surface area contributed by atoms with Crippen LogP contribution in [0.2, 0.25) is 0 Å². The van der Waals surface area contributed by atoms with Crippen molar-refractivity contribution in [3.63, 3.8) is 0 Å². The molecule has 0 aromatic heterocycles. The molecule has 42 heavy (non-hydrogen) atoms. The lowest BCUT2D eigenvalue weighted by Gasteiger charge is -2.49. The first kappa shape index (κ1) is 27.9. The van der Waals surface area contributed by atoms with Crippen LogP contribution < -0.4 is 5.32 Å². The van der Waals surface area contributed by atoms with E-state index in [2.05, 4.69) is 5.32 Å². The number of ether oxygens (including phenoxy) is 1. The highest BCUT2D eigenvalue weighted by Gasteiger charge is 2.54. The number of hydrogen-bond donors (Lipinski definition) is 1. The van der Waals surface area contributed by atoms with E-state index in [1.165, 1.54) is 28.4 Å². The van der Waals surface area contributed by atoms with Crippen LogP contribution in [0.4, 0.5) is 0 Å². The smallest absolute Gasteiger partial charge is 0.356 e.